The van der Waals surface area contributed by atoms with E-state index < -0.39 is 0 Å². The number of benzene rings is 1. The van der Waals surface area contributed by atoms with Crippen LogP contribution in [-0.4, -0.2) is 9.55 Å². The second-order valence-corrected chi connectivity index (χ2v) is 6.12. The minimum atomic E-state index is -0.244. The summed E-state index contributed by atoms with van der Waals surface area (Å²) in [6.07, 6.45) is 1.04. The monoisotopic (exact) mass is 289 g/mol. The molecule has 3 rings (SSSR count). The van der Waals surface area contributed by atoms with E-state index in [0.29, 0.717) is 23.6 Å². The third-order valence-electron chi connectivity index (χ3n) is 3.44. The summed E-state index contributed by atoms with van der Waals surface area (Å²) in [5.74, 6) is 0.183. The minimum absolute atomic E-state index is 0.244. The Morgan fingerprint density at radius 3 is 2.75 bits per heavy atom. The van der Waals surface area contributed by atoms with Crippen molar-refractivity contribution >= 4 is 28.3 Å². The molecular formula is C15H16FN3S. The van der Waals surface area contributed by atoms with Gasteiger partial charge >= 0.3 is 0 Å². The first-order chi connectivity index (χ1) is 9.58. The number of aryl methyl sites for hydroxylation is 2. The number of nitrogens with two attached hydrogens (primary N) is 1. The summed E-state index contributed by atoms with van der Waals surface area (Å²) in [5, 5.41) is 0. The van der Waals surface area contributed by atoms with Crippen LogP contribution in [-0.2, 0) is 13.0 Å². The maximum atomic E-state index is 13.6. The fourth-order valence-corrected chi connectivity index (χ4v) is 3.23. The standard InChI is InChI=1S/C15H16FN3S/c1-3-10-4-5-11(20-10)8-19-14-6-9(2)12(16)7-13(14)18-15(19)17/h4-7H,3,8H2,1-2H3,(H2,17,18). The Hall–Kier alpha value is -1.88. The van der Waals surface area contributed by atoms with Crippen molar-refractivity contribution < 1.29 is 4.39 Å². The molecule has 0 atom stereocenters. The van der Waals surface area contributed by atoms with Crippen LogP contribution in [0.15, 0.2) is 24.3 Å². The number of hydrogen-bond acceptors (Lipinski definition) is 3. The number of nitrogens with zero attached hydrogens (tertiary/aromatic N) is 2. The molecule has 0 fully saturated rings. The Balaban J connectivity index is 2.06. The molecule has 0 radical (unpaired) electrons. The maximum Gasteiger partial charge on any atom is 0.201 e. The normalized spacial score (nSPS) is 11.3. The number of thiophene rings is 1. The van der Waals surface area contributed by atoms with Crippen LogP contribution < -0.4 is 5.73 Å². The van der Waals surface area contributed by atoms with E-state index in [9.17, 15) is 4.39 Å². The van der Waals surface area contributed by atoms with Gasteiger partial charge in [0.2, 0.25) is 5.95 Å². The maximum absolute atomic E-state index is 13.6. The van der Waals surface area contributed by atoms with E-state index in [1.807, 2.05) is 10.6 Å². The van der Waals surface area contributed by atoms with Crippen molar-refractivity contribution in [3.8, 4) is 0 Å². The van der Waals surface area contributed by atoms with Gasteiger partial charge in [0.15, 0.2) is 0 Å². The SMILES string of the molecule is CCc1ccc(Cn2c(N)nc3cc(F)c(C)cc32)s1. The number of fused-ring (bicyclic) bond motifs is 1. The summed E-state index contributed by atoms with van der Waals surface area (Å²) >= 11 is 1.78. The lowest BCUT2D eigenvalue weighted by atomic mass is 10.2. The van der Waals surface area contributed by atoms with Gasteiger partial charge in [-0.1, -0.05) is 6.92 Å². The van der Waals surface area contributed by atoms with Crippen molar-refractivity contribution in [1.82, 2.24) is 9.55 Å². The van der Waals surface area contributed by atoms with E-state index in [2.05, 4.69) is 24.0 Å². The molecule has 0 aliphatic carbocycles. The van der Waals surface area contributed by atoms with E-state index in [1.165, 1.54) is 15.8 Å². The first-order valence-corrected chi connectivity index (χ1v) is 7.39. The van der Waals surface area contributed by atoms with Crippen molar-refractivity contribution in [2.45, 2.75) is 26.8 Å². The highest BCUT2D eigenvalue weighted by atomic mass is 32.1. The highest BCUT2D eigenvalue weighted by Gasteiger charge is 2.12. The van der Waals surface area contributed by atoms with Crippen LogP contribution in [0.5, 0.6) is 0 Å². The number of aromatic nitrogens is 2. The van der Waals surface area contributed by atoms with Crippen molar-refractivity contribution in [2.75, 3.05) is 5.73 Å². The van der Waals surface area contributed by atoms with Crippen LogP contribution in [0.1, 0.15) is 22.2 Å². The quantitative estimate of drug-likeness (QED) is 0.798. The van der Waals surface area contributed by atoms with Gasteiger partial charge in [-0.05, 0) is 37.1 Å². The number of imidazole rings is 1. The summed E-state index contributed by atoms with van der Waals surface area (Å²) in [4.78, 5) is 6.83. The molecule has 3 nitrogen and oxygen atoms in total. The lowest BCUT2D eigenvalue weighted by molar-refractivity contribution is 0.620. The molecule has 0 amide bonds. The minimum Gasteiger partial charge on any atom is -0.369 e. The van der Waals surface area contributed by atoms with E-state index in [0.717, 1.165) is 11.9 Å². The molecule has 1 aromatic carbocycles. The van der Waals surface area contributed by atoms with Crippen LogP contribution in [0.3, 0.4) is 0 Å². The lowest BCUT2D eigenvalue weighted by Gasteiger charge is -2.05. The van der Waals surface area contributed by atoms with Gasteiger partial charge in [-0.25, -0.2) is 9.37 Å². The molecule has 2 aromatic heterocycles. The van der Waals surface area contributed by atoms with E-state index in [1.54, 1.807) is 18.3 Å². The number of nitrogen functional groups attached to an aromatic ring is 1. The highest BCUT2D eigenvalue weighted by molar-refractivity contribution is 7.11. The molecule has 104 valence electrons. The topological polar surface area (TPSA) is 43.8 Å². The average molecular weight is 289 g/mol. The molecule has 20 heavy (non-hydrogen) atoms. The first kappa shape index (κ1) is 13.1. The second-order valence-electron chi connectivity index (χ2n) is 4.87. The molecule has 0 spiro atoms. The first-order valence-electron chi connectivity index (χ1n) is 6.58. The van der Waals surface area contributed by atoms with Gasteiger partial charge in [-0.3, -0.25) is 0 Å². The van der Waals surface area contributed by atoms with Crippen LogP contribution in [0.4, 0.5) is 10.3 Å². The van der Waals surface area contributed by atoms with Crippen LogP contribution in [0.2, 0.25) is 0 Å². The smallest absolute Gasteiger partial charge is 0.201 e. The number of hydrogen-bond donors (Lipinski definition) is 1. The second kappa shape index (κ2) is 4.90. The largest absolute Gasteiger partial charge is 0.369 e. The number of rotatable bonds is 3. The van der Waals surface area contributed by atoms with Gasteiger partial charge in [0.05, 0.1) is 17.6 Å². The Bertz CT molecular complexity index is 773. The lowest BCUT2D eigenvalue weighted by Crippen LogP contribution is -2.03. The Morgan fingerprint density at radius 1 is 1.30 bits per heavy atom. The summed E-state index contributed by atoms with van der Waals surface area (Å²) < 4.78 is 15.5. The third kappa shape index (κ3) is 2.18. The predicted molar refractivity (Wildman–Crippen MR) is 81.6 cm³/mol. The molecule has 0 saturated heterocycles. The molecule has 2 N–H and O–H groups in total. The summed E-state index contributed by atoms with van der Waals surface area (Å²) in [5.41, 5.74) is 8.08. The van der Waals surface area contributed by atoms with Gasteiger partial charge in [0, 0.05) is 15.8 Å². The van der Waals surface area contributed by atoms with E-state index in [4.69, 9.17) is 5.73 Å². The van der Waals surface area contributed by atoms with Crippen molar-refractivity contribution in [3.63, 3.8) is 0 Å². The van der Waals surface area contributed by atoms with Crippen LogP contribution >= 0.6 is 11.3 Å². The Kier molecular flexibility index (Phi) is 3.22. The average Bonchev–Trinajstić information content (AvgIpc) is 2.98. The predicted octanol–water partition coefficient (Wildman–Crippen LogP) is 3.74. The molecule has 0 aliphatic rings. The zero-order chi connectivity index (χ0) is 14.3. The third-order valence-corrected chi connectivity index (χ3v) is 4.65. The van der Waals surface area contributed by atoms with Gasteiger partial charge in [0.1, 0.15) is 5.82 Å². The van der Waals surface area contributed by atoms with E-state index >= 15 is 0 Å². The zero-order valence-electron chi connectivity index (χ0n) is 11.5. The van der Waals surface area contributed by atoms with Gasteiger partial charge in [-0.2, -0.15) is 0 Å². The molecule has 0 bridgehead atoms. The molecule has 0 unspecified atom stereocenters. The number of halogens is 1. The van der Waals surface area contributed by atoms with Crippen LogP contribution in [0.25, 0.3) is 11.0 Å². The summed E-state index contributed by atoms with van der Waals surface area (Å²) in [6.45, 7) is 4.57. The molecule has 0 saturated carbocycles. The van der Waals surface area contributed by atoms with Crippen molar-refractivity contribution in [2.24, 2.45) is 0 Å². The molecule has 0 aliphatic heterocycles. The van der Waals surface area contributed by atoms with Gasteiger partial charge in [-0.15, -0.1) is 11.3 Å². The molecule has 2 heterocycles. The zero-order valence-corrected chi connectivity index (χ0v) is 12.3. The van der Waals surface area contributed by atoms with Crippen LogP contribution in [0, 0.1) is 12.7 Å². The molecule has 5 heteroatoms. The summed E-state index contributed by atoms with van der Waals surface area (Å²) in [7, 11) is 0. The summed E-state index contributed by atoms with van der Waals surface area (Å²) in [6, 6.07) is 7.51. The Labute approximate surface area is 120 Å². The van der Waals surface area contributed by atoms with Gasteiger partial charge in [0.25, 0.3) is 0 Å². The van der Waals surface area contributed by atoms with Gasteiger partial charge < -0.3 is 10.3 Å². The number of anilines is 1. The van der Waals surface area contributed by atoms with E-state index in [-0.39, 0.29) is 5.82 Å². The fraction of sp³-hybridized carbons (Fsp3) is 0.267. The highest BCUT2D eigenvalue weighted by Crippen LogP contribution is 2.25. The van der Waals surface area contributed by atoms with Crippen molar-refractivity contribution in [3.05, 3.63) is 45.4 Å². The Morgan fingerprint density at radius 2 is 2.05 bits per heavy atom. The molecule has 3 aromatic rings. The molecular weight excluding hydrogens is 273 g/mol. The fourth-order valence-electron chi connectivity index (χ4n) is 2.29. The van der Waals surface area contributed by atoms with Crippen molar-refractivity contribution in [1.29, 1.82) is 0 Å².